The van der Waals surface area contributed by atoms with E-state index in [0.29, 0.717) is 13.0 Å². The van der Waals surface area contributed by atoms with Crippen molar-refractivity contribution in [3.63, 3.8) is 0 Å². The Bertz CT molecular complexity index is 338. The second kappa shape index (κ2) is 7.76. The number of hydrogen-bond acceptors (Lipinski definition) is 3. The first-order valence-corrected chi connectivity index (χ1v) is 6.81. The third kappa shape index (κ3) is 6.37. The molecule has 0 bridgehead atoms. The van der Waals surface area contributed by atoms with Gasteiger partial charge in [-0.1, -0.05) is 6.92 Å². The molecular formula is C12H18F3NOS. The molecule has 0 aliphatic carbocycles. The lowest BCUT2D eigenvalue weighted by molar-refractivity contribution is -0.173. The maximum Gasteiger partial charge on any atom is 0.411 e. The number of ether oxygens (including phenoxy) is 1. The molecule has 1 N–H and O–H groups in total. The van der Waals surface area contributed by atoms with Gasteiger partial charge in [0.15, 0.2) is 0 Å². The van der Waals surface area contributed by atoms with Gasteiger partial charge in [0.2, 0.25) is 0 Å². The normalized spacial score (nSPS) is 12.0. The van der Waals surface area contributed by atoms with Gasteiger partial charge in [-0.05, 0) is 36.4 Å². The fourth-order valence-corrected chi connectivity index (χ4v) is 2.47. The summed E-state index contributed by atoms with van der Waals surface area (Å²) < 4.78 is 39.8. The van der Waals surface area contributed by atoms with Crippen molar-refractivity contribution in [2.45, 2.75) is 32.5 Å². The van der Waals surface area contributed by atoms with Crippen molar-refractivity contribution in [2.75, 3.05) is 19.8 Å². The van der Waals surface area contributed by atoms with Crippen LogP contribution in [0.15, 0.2) is 11.4 Å². The molecule has 0 unspecified atom stereocenters. The van der Waals surface area contributed by atoms with Crippen LogP contribution in [0.5, 0.6) is 0 Å². The smallest absolute Gasteiger partial charge is 0.372 e. The van der Waals surface area contributed by atoms with Gasteiger partial charge in [0.1, 0.15) is 6.61 Å². The summed E-state index contributed by atoms with van der Waals surface area (Å²) in [6.45, 7) is 2.53. The quantitative estimate of drug-likeness (QED) is 0.738. The largest absolute Gasteiger partial charge is 0.411 e. The minimum absolute atomic E-state index is 0.136. The van der Waals surface area contributed by atoms with Crippen LogP contribution in [-0.4, -0.2) is 25.9 Å². The fourth-order valence-electron chi connectivity index (χ4n) is 1.53. The first-order valence-electron chi connectivity index (χ1n) is 5.93. The number of thiophene rings is 1. The van der Waals surface area contributed by atoms with E-state index in [-0.39, 0.29) is 6.61 Å². The Morgan fingerprint density at radius 2 is 2.17 bits per heavy atom. The van der Waals surface area contributed by atoms with Crippen molar-refractivity contribution in [3.8, 4) is 0 Å². The average Bonchev–Trinajstić information content (AvgIpc) is 2.73. The molecule has 0 aliphatic rings. The molecule has 0 fully saturated rings. The molecule has 0 saturated heterocycles. The summed E-state index contributed by atoms with van der Waals surface area (Å²) in [4.78, 5) is 1.30. The molecule has 1 heterocycles. The Labute approximate surface area is 109 Å². The topological polar surface area (TPSA) is 21.3 Å². The Kier molecular flexibility index (Phi) is 6.67. The van der Waals surface area contributed by atoms with Crippen LogP contribution in [0.3, 0.4) is 0 Å². The number of rotatable bonds is 8. The Hall–Kier alpha value is -0.590. The van der Waals surface area contributed by atoms with E-state index in [1.165, 1.54) is 10.4 Å². The monoisotopic (exact) mass is 281 g/mol. The average molecular weight is 281 g/mol. The second-order valence-electron chi connectivity index (χ2n) is 3.92. The number of aryl methyl sites for hydroxylation is 1. The van der Waals surface area contributed by atoms with Crippen molar-refractivity contribution in [3.05, 3.63) is 21.9 Å². The SMILES string of the molecule is CCc1ccsc1CNCCCOCC(F)(F)F. The van der Waals surface area contributed by atoms with Crippen LogP contribution >= 0.6 is 11.3 Å². The van der Waals surface area contributed by atoms with E-state index in [0.717, 1.165) is 13.0 Å². The summed E-state index contributed by atoms with van der Waals surface area (Å²) in [6, 6.07) is 2.11. The molecule has 1 rings (SSSR count). The van der Waals surface area contributed by atoms with E-state index in [1.807, 2.05) is 0 Å². The van der Waals surface area contributed by atoms with Gasteiger partial charge in [-0.2, -0.15) is 13.2 Å². The van der Waals surface area contributed by atoms with Gasteiger partial charge in [0.05, 0.1) is 0 Å². The molecule has 2 nitrogen and oxygen atoms in total. The lowest BCUT2D eigenvalue weighted by Gasteiger charge is -2.08. The number of alkyl halides is 3. The van der Waals surface area contributed by atoms with Crippen molar-refractivity contribution in [1.29, 1.82) is 0 Å². The Morgan fingerprint density at radius 1 is 1.39 bits per heavy atom. The molecule has 1 aromatic heterocycles. The molecule has 0 radical (unpaired) electrons. The van der Waals surface area contributed by atoms with Crippen LogP contribution in [0.1, 0.15) is 23.8 Å². The molecule has 0 atom stereocenters. The van der Waals surface area contributed by atoms with Gasteiger partial charge >= 0.3 is 6.18 Å². The molecule has 0 aliphatic heterocycles. The fraction of sp³-hybridized carbons (Fsp3) is 0.667. The zero-order chi connectivity index (χ0) is 13.4. The van der Waals surface area contributed by atoms with Crippen LogP contribution < -0.4 is 5.32 Å². The molecule has 6 heteroatoms. The lowest BCUT2D eigenvalue weighted by Crippen LogP contribution is -2.20. The van der Waals surface area contributed by atoms with Crippen molar-refractivity contribution < 1.29 is 17.9 Å². The summed E-state index contributed by atoms with van der Waals surface area (Å²) >= 11 is 1.70. The standard InChI is InChI=1S/C12H18F3NOS/c1-2-10-4-7-18-11(10)8-16-5-3-6-17-9-12(13,14)15/h4,7,16H,2-3,5-6,8-9H2,1H3. The molecule has 0 aromatic carbocycles. The van der Waals surface area contributed by atoms with Crippen molar-refractivity contribution in [2.24, 2.45) is 0 Å². The zero-order valence-electron chi connectivity index (χ0n) is 10.3. The van der Waals surface area contributed by atoms with Crippen molar-refractivity contribution in [1.82, 2.24) is 5.32 Å². The number of hydrogen-bond donors (Lipinski definition) is 1. The van der Waals surface area contributed by atoms with Gasteiger partial charge in [0.25, 0.3) is 0 Å². The maximum absolute atomic E-state index is 11.8. The highest BCUT2D eigenvalue weighted by atomic mass is 32.1. The minimum Gasteiger partial charge on any atom is -0.372 e. The summed E-state index contributed by atoms with van der Waals surface area (Å²) in [7, 11) is 0. The number of nitrogens with one attached hydrogen (secondary N) is 1. The molecular weight excluding hydrogens is 263 g/mol. The van der Waals surface area contributed by atoms with Crippen LogP contribution in [0, 0.1) is 0 Å². The highest BCUT2D eigenvalue weighted by Gasteiger charge is 2.27. The molecule has 0 saturated carbocycles. The van der Waals surface area contributed by atoms with E-state index >= 15 is 0 Å². The highest BCUT2D eigenvalue weighted by molar-refractivity contribution is 7.10. The van der Waals surface area contributed by atoms with E-state index in [1.54, 1.807) is 11.3 Å². The Balaban J connectivity index is 2.02. The van der Waals surface area contributed by atoms with Crippen LogP contribution in [-0.2, 0) is 17.7 Å². The predicted molar refractivity (Wildman–Crippen MR) is 66.9 cm³/mol. The van der Waals surface area contributed by atoms with E-state index in [4.69, 9.17) is 0 Å². The van der Waals surface area contributed by atoms with Crippen LogP contribution in [0.4, 0.5) is 13.2 Å². The van der Waals surface area contributed by atoms with Crippen molar-refractivity contribution >= 4 is 11.3 Å². The summed E-state index contributed by atoms with van der Waals surface area (Å²) in [5, 5.41) is 5.27. The van der Waals surface area contributed by atoms with Gasteiger partial charge in [-0.25, -0.2) is 0 Å². The first kappa shape index (κ1) is 15.5. The molecule has 104 valence electrons. The van der Waals surface area contributed by atoms with E-state index in [9.17, 15) is 13.2 Å². The van der Waals surface area contributed by atoms with Gasteiger partial charge in [0, 0.05) is 18.0 Å². The minimum atomic E-state index is -4.22. The summed E-state index contributed by atoms with van der Waals surface area (Å²) in [6.07, 6.45) is -2.63. The first-order chi connectivity index (χ1) is 8.53. The zero-order valence-corrected chi connectivity index (χ0v) is 11.2. The molecule has 18 heavy (non-hydrogen) atoms. The third-order valence-electron chi connectivity index (χ3n) is 2.41. The van der Waals surface area contributed by atoms with Gasteiger partial charge in [-0.15, -0.1) is 11.3 Å². The summed E-state index contributed by atoms with van der Waals surface area (Å²) in [5.41, 5.74) is 1.33. The van der Waals surface area contributed by atoms with Crippen LogP contribution in [0.2, 0.25) is 0 Å². The predicted octanol–water partition coefficient (Wildman–Crippen LogP) is 3.37. The molecule has 0 amide bonds. The molecule has 1 aromatic rings. The van der Waals surface area contributed by atoms with Gasteiger partial charge < -0.3 is 10.1 Å². The summed E-state index contributed by atoms with van der Waals surface area (Å²) in [5.74, 6) is 0. The molecule has 0 spiro atoms. The van der Waals surface area contributed by atoms with Gasteiger partial charge in [-0.3, -0.25) is 0 Å². The lowest BCUT2D eigenvalue weighted by atomic mass is 10.2. The van der Waals surface area contributed by atoms with E-state index < -0.39 is 12.8 Å². The van der Waals surface area contributed by atoms with E-state index in [2.05, 4.69) is 28.4 Å². The highest BCUT2D eigenvalue weighted by Crippen LogP contribution is 2.17. The number of halogens is 3. The van der Waals surface area contributed by atoms with Crippen LogP contribution in [0.25, 0.3) is 0 Å². The maximum atomic E-state index is 11.8. The second-order valence-corrected chi connectivity index (χ2v) is 4.92. The third-order valence-corrected chi connectivity index (χ3v) is 3.38. The Morgan fingerprint density at radius 3 is 2.83 bits per heavy atom.